The molecule has 0 spiro atoms. The van der Waals surface area contributed by atoms with Gasteiger partial charge in [-0.1, -0.05) is 29.0 Å². The molecule has 212 valence electrons. The number of phenols is 2. The van der Waals surface area contributed by atoms with Gasteiger partial charge < -0.3 is 20.1 Å². The number of hydrogen-bond acceptors (Lipinski definition) is 11. The molecular formula is C29H27N3O7S2. The summed E-state index contributed by atoms with van der Waals surface area (Å²) in [7, 11) is 4.35. The molecule has 1 atom stereocenters. The highest BCUT2D eigenvalue weighted by Gasteiger charge is 2.40. The maximum absolute atomic E-state index is 13.4. The lowest BCUT2D eigenvalue weighted by atomic mass is 9.74. The summed E-state index contributed by atoms with van der Waals surface area (Å²) in [6.07, 6.45) is 2.77. The predicted molar refractivity (Wildman–Crippen MR) is 155 cm³/mol. The van der Waals surface area contributed by atoms with E-state index < -0.39 is 18.2 Å². The third-order valence-corrected chi connectivity index (χ3v) is 9.44. The minimum Gasteiger partial charge on any atom is -0.507 e. The Morgan fingerprint density at radius 2 is 1.85 bits per heavy atom. The van der Waals surface area contributed by atoms with Gasteiger partial charge in [0.05, 0.1) is 36.1 Å². The van der Waals surface area contributed by atoms with Crippen molar-refractivity contribution in [3.8, 4) is 17.2 Å². The summed E-state index contributed by atoms with van der Waals surface area (Å²) in [6.45, 7) is -0.424. The van der Waals surface area contributed by atoms with Gasteiger partial charge in [-0.3, -0.25) is 14.4 Å². The van der Waals surface area contributed by atoms with Gasteiger partial charge in [-0.25, -0.2) is 10.4 Å². The van der Waals surface area contributed by atoms with Gasteiger partial charge in [0.2, 0.25) is 11.7 Å². The van der Waals surface area contributed by atoms with Crippen molar-refractivity contribution in [3.63, 3.8) is 0 Å². The fraction of sp³-hybridized carbons (Fsp3) is 0.276. The van der Waals surface area contributed by atoms with Crippen molar-refractivity contribution in [2.75, 3.05) is 19.5 Å². The molecule has 0 saturated carbocycles. The van der Waals surface area contributed by atoms with E-state index in [1.54, 1.807) is 18.3 Å². The number of ether oxygens (including phenoxy) is 1. The number of methoxy groups -OCH3 is 1. The van der Waals surface area contributed by atoms with Crippen LogP contribution in [0.25, 0.3) is 0 Å². The molecule has 1 amide bonds. The van der Waals surface area contributed by atoms with E-state index in [0.717, 1.165) is 5.03 Å². The lowest BCUT2D eigenvalue weighted by molar-refractivity contribution is -0.120. The first kappa shape index (κ1) is 28.7. The molecule has 0 bridgehead atoms. The van der Waals surface area contributed by atoms with Gasteiger partial charge in [0.25, 0.3) is 0 Å². The number of ketones is 2. The first-order valence-electron chi connectivity index (χ1n) is 12.9. The molecule has 2 aliphatic carbocycles. The van der Waals surface area contributed by atoms with Crippen LogP contribution in [0, 0.1) is 5.92 Å². The van der Waals surface area contributed by atoms with Gasteiger partial charge in [0.1, 0.15) is 22.3 Å². The number of hydrazone groups is 1. The zero-order chi connectivity index (χ0) is 29.1. The first-order chi connectivity index (χ1) is 19.8. The molecule has 0 saturated heterocycles. The summed E-state index contributed by atoms with van der Waals surface area (Å²) >= 11 is 0. The number of aliphatic hydroxyl groups is 1. The molecule has 0 aliphatic heterocycles. The molecule has 5 rings (SSSR count). The van der Waals surface area contributed by atoms with Crippen molar-refractivity contribution < 1.29 is 34.4 Å². The van der Waals surface area contributed by atoms with Crippen LogP contribution in [0.3, 0.4) is 0 Å². The van der Waals surface area contributed by atoms with Crippen molar-refractivity contribution in [1.29, 1.82) is 0 Å². The van der Waals surface area contributed by atoms with E-state index in [1.807, 2.05) is 18.2 Å². The number of aromatic hydroxyl groups is 2. The number of benzene rings is 2. The van der Waals surface area contributed by atoms with Crippen LogP contribution in [0.15, 0.2) is 52.7 Å². The molecule has 0 radical (unpaired) electrons. The normalized spacial score (nSPS) is 16.0. The Labute approximate surface area is 243 Å². The van der Waals surface area contributed by atoms with Crippen LogP contribution in [0.4, 0.5) is 0 Å². The second kappa shape index (κ2) is 12.3. The number of nitrogens with zero attached hydrogens (tertiary/aromatic N) is 2. The van der Waals surface area contributed by atoms with Crippen molar-refractivity contribution >= 4 is 44.8 Å². The van der Waals surface area contributed by atoms with Gasteiger partial charge >= 0.3 is 0 Å². The molecule has 1 heterocycles. The van der Waals surface area contributed by atoms with Gasteiger partial charge in [-0.15, -0.1) is 0 Å². The molecule has 12 heteroatoms. The van der Waals surface area contributed by atoms with E-state index in [2.05, 4.69) is 15.5 Å². The van der Waals surface area contributed by atoms with Gasteiger partial charge in [0.15, 0.2) is 5.78 Å². The smallest absolute Gasteiger partial charge is 0.240 e. The summed E-state index contributed by atoms with van der Waals surface area (Å²) in [5.74, 6) is -1.82. The Morgan fingerprint density at radius 3 is 2.59 bits per heavy atom. The van der Waals surface area contributed by atoms with Crippen LogP contribution in [0.5, 0.6) is 17.2 Å². The molecule has 3 aromatic rings. The number of carbonyl (C=O) groups is 3. The van der Waals surface area contributed by atoms with E-state index in [4.69, 9.17) is 4.74 Å². The number of carbonyl (C=O) groups excluding carboxylic acids is 3. The SMILES string of the molecule is COc1cccc2c1C(=O)c1c(O)c3c(c(O)c1C2=O)C[C@@H](/C(CO)=N/NC(=O)CCSSc1ccccn1)CC3. The maximum atomic E-state index is 13.4. The van der Waals surface area contributed by atoms with E-state index >= 15 is 0 Å². The van der Waals surface area contributed by atoms with Crippen LogP contribution in [0.2, 0.25) is 0 Å². The number of aliphatic hydroxyl groups excluding tert-OH is 1. The molecule has 0 fully saturated rings. The van der Waals surface area contributed by atoms with Crippen LogP contribution in [-0.4, -0.2) is 63.0 Å². The fourth-order valence-corrected chi connectivity index (χ4v) is 7.04. The second-order valence-corrected chi connectivity index (χ2v) is 11.9. The molecule has 2 aliphatic rings. The number of pyridine rings is 1. The number of phenolic OH excluding ortho intramolecular Hbond substituents is 2. The minimum atomic E-state index is -0.596. The minimum absolute atomic E-state index is 0.0509. The molecular weight excluding hydrogens is 566 g/mol. The summed E-state index contributed by atoms with van der Waals surface area (Å²) in [5, 5.41) is 37.4. The second-order valence-electron chi connectivity index (χ2n) is 9.50. The number of hydrogen-bond donors (Lipinski definition) is 4. The Hall–Kier alpha value is -3.87. The Morgan fingerprint density at radius 1 is 1.07 bits per heavy atom. The lowest BCUT2D eigenvalue weighted by Crippen LogP contribution is -2.30. The van der Waals surface area contributed by atoms with E-state index in [1.165, 1.54) is 34.8 Å². The summed E-state index contributed by atoms with van der Waals surface area (Å²) < 4.78 is 5.28. The standard InChI is InChI=1S/C29H27N3O7S2/c1-39-20-6-4-5-17-23(20)29(38)25-24(27(17)36)28(37)18-13-15(8-9-16(18)26(25)35)19(14-33)31-32-21(34)10-12-40-41-22-7-2-3-11-30-22/h2-7,11,15,33,35,37H,8-10,12-14H2,1H3,(H,32,34)/b31-19+/t15-/m0/s1. The van der Waals surface area contributed by atoms with Crippen molar-refractivity contribution in [1.82, 2.24) is 10.4 Å². The number of nitrogens with one attached hydrogen (secondary N) is 1. The number of fused-ring (bicyclic) bond motifs is 3. The Balaban J connectivity index is 1.32. The van der Waals surface area contributed by atoms with Crippen LogP contribution >= 0.6 is 21.6 Å². The molecule has 0 unspecified atom stereocenters. The van der Waals surface area contributed by atoms with Gasteiger partial charge in [-0.05, 0) is 48.3 Å². The quantitative estimate of drug-likeness (QED) is 0.0742. The highest BCUT2D eigenvalue weighted by molar-refractivity contribution is 8.76. The largest absolute Gasteiger partial charge is 0.507 e. The molecule has 4 N–H and O–H groups in total. The van der Waals surface area contributed by atoms with Crippen LogP contribution in [0.1, 0.15) is 55.8 Å². The molecule has 1 aromatic heterocycles. The monoisotopic (exact) mass is 593 g/mol. The van der Waals surface area contributed by atoms with Gasteiger partial charge in [0, 0.05) is 41.0 Å². The predicted octanol–water partition coefficient (Wildman–Crippen LogP) is 3.68. The van der Waals surface area contributed by atoms with E-state index in [-0.39, 0.29) is 70.6 Å². The number of rotatable bonds is 9. The van der Waals surface area contributed by atoms with Crippen molar-refractivity contribution in [3.05, 3.63) is 76.0 Å². The first-order valence-corrected chi connectivity index (χ1v) is 15.2. The highest BCUT2D eigenvalue weighted by Crippen LogP contribution is 2.47. The Bertz CT molecular complexity index is 1560. The van der Waals surface area contributed by atoms with Gasteiger partial charge in [-0.2, -0.15) is 5.10 Å². The topological polar surface area (TPSA) is 158 Å². The average Bonchev–Trinajstić information content (AvgIpc) is 3.00. The van der Waals surface area contributed by atoms with E-state index in [9.17, 15) is 29.7 Å². The fourth-order valence-electron chi connectivity index (χ4n) is 5.17. The van der Waals surface area contributed by atoms with Crippen molar-refractivity contribution in [2.24, 2.45) is 11.0 Å². The summed E-state index contributed by atoms with van der Waals surface area (Å²) in [4.78, 5) is 43.4. The molecule has 2 aromatic carbocycles. The third kappa shape index (κ3) is 5.54. The molecule has 41 heavy (non-hydrogen) atoms. The maximum Gasteiger partial charge on any atom is 0.240 e. The van der Waals surface area contributed by atoms with Crippen molar-refractivity contribution in [2.45, 2.75) is 30.7 Å². The summed E-state index contributed by atoms with van der Waals surface area (Å²) in [6, 6.07) is 10.2. The average molecular weight is 594 g/mol. The van der Waals surface area contributed by atoms with Crippen LogP contribution in [-0.2, 0) is 17.6 Å². The summed E-state index contributed by atoms with van der Waals surface area (Å²) in [5.41, 5.74) is 3.16. The number of aromatic nitrogens is 1. The highest BCUT2D eigenvalue weighted by atomic mass is 33.1. The zero-order valence-electron chi connectivity index (χ0n) is 22.0. The zero-order valence-corrected chi connectivity index (χ0v) is 23.7. The van der Waals surface area contributed by atoms with E-state index in [0.29, 0.717) is 29.0 Å². The number of amides is 1. The molecule has 10 nitrogen and oxygen atoms in total. The van der Waals surface area contributed by atoms with Crippen LogP contribution < -0.4 is 10.2 Å². The third-order valence-electron chi connectivity index (χ3n) is 7.18. The Kier molecular flexibility index (Phi) is 8.62. The lowest BCUT2D eigenvalue weighted by Gasteiger charge is -2.30.